The van der Waals surface area contributed by atoms with E-state index in [-0.39, 0.29) is 24.9 Å². The molecule has 0 saturated carbocycles. The molecule has 98 valence electrons. The van der Waals surface area contributed by atoms with Crippen molar-refractivity contribution in [1.29, 1.82) is 0 Å². The lowest BCUT2D eigenvalue weighted by atomic mass is 10.1. The SMILES string of the molecule is CC(C)CC(O)CNC(=O)C1CNC(=O)CN1. The highest BCUT2D eigenvalue weighted by molar-refractivity contribution is 5.86. The summed E-state index contributed by atoms with van der Waals surface area (Å²) in [5.41, 5.74) is 0. The molecule has 2 amide bonds. The number of carbonyl (C=O) groups excluding carboxylic acids is 2. The molecule has 0 aliphatic carbocycles. The van der Waals surface area contributed by atoms with Gasteiger partial charge in [-0.1, -0.05) is 13.8 Å². The zero-order chi connectivity index (χ0) is 12.8. The van der Waals surface area contributed by atoms with Gasteiger partial charge in [-0.3, -0.25) is 14.9 Å². The molecule has 1 fully saturated rings. The largest absolute Gasteiger partial charge is 0.391 e. The van der Waals surface area contributed by atoms with Crippen LogP contribution in [0.15, 0.2) is 0 Å². The Morgan fingerprint density at radius 3 is 2.82 bits per heavy atom. The fourth-order valence-corrected chi connectivity index (χ4v) is 1.72. The Hall–Kier alpha value is -1.14. The van der Waals surface area contributed by atoms with Gasteiger partial charge in [0, 0.05) is 13.1 Å². The van der Waals surface area contributed by atoms with Gasteiger partial charge in [-0.15, -0.1) is 0 Å². The molecule has 6 heteroatoms. The molecular formula is C11H21N3O3. The standard InChI is InChI=1S/C11H21N3O3/c1-7(2)3-8(15)4-14-11(17)9-5-13-10(16)6-12-9/h7-9,12,15H,3-6H2,1-2H3,(H,13,16)(H,14,17). The number of aliphatic hydroxyl groups is 1. The van der Waals surface area contributed by atoms with E-state index in [1.165, 1.54) is 0 Å². The first-order chi connectivity index (χ1) is 7.99. The maximum Gasteiger partial charge on any atom is 0.239 e. The zero-order valence-corrected chi connectivity index (χ0v) is 10.3. The molecule has 0 bridgehead atoms. The third kappa shape index (κ3) is 5.14. The fraction of sp³-hybridized carbons (Fsp3) is 0.818. The van der Waals surface area contributed by atoms with Gasteiger partial charge >= 0.3 is 0 Å². The maximum absolute atomic E-state index is 11.7. The number of rotatable bonds is 5. The highest BCUT2D eigenvalue weighted by atomic mass is 16.3. The molecule has 1 heterocycles. The van der Waals surface area contributed by atoms with Crippen molar-refractivity contribution in [1.82, 2.24) is 16.0 Å². The van der Waals surface area contributed by atoms with Crippen molar-refractivity contribution in [2.24, 2.45) is 5.92 Å². The Bertz CT molecular complexity index is 271. The topological polar surface area (TPSA) is 90.5 Å². The number of carbonyl (C=O) groups is 2. The Morgan fingerprint density at radius 2 is 2.29 bits per heavy atom. The summed E-state index contributed by atoms with van der Waals surface area (Å²) < 4.78 is 0. The van der Waals surface area contributed by atoms with Crippen LogP contribution in [0.5, 0.6) is 0 Å². The van der Waals surface area contributed by atoms with Gasteiger partial charge in [0.15, 0.2) is 0 Å². The Labute approximate surface area is 101 Å². The molecule has 0 radical (unpaired) electrons. The summed E-state index contributed by atoms with van der Waals surface area (Å²) >= 11 is 0. The highest BCUT2D eigenvalue weighted by Gasteiger charge is 2.23. The van der Waals surface area contributed by atoms with Crippen LogP contribution in [-0.2, 0) is 9.59 Å². The molecule has 0 aromatic rings. The zero-order valence-electron chi connectivity index (χ0n) is 10.3. The quantitative estimate of drug-likeness (QED) is 0.478. The number of hydrogen-bond donors (Lipinski definition) is 4. The Kier molecular flexibility index (Phi) is 5.37. The number of aliphatic hydroxyl groups excluding tert-OH is 1. The van der Waals surface area contributed by atoms with Crippen LogP contribution >= 0.6 is 0 Å². The van der Waals surface area contributed by atoms with Crippen molar-refractivity contribution in [3.63, 3.8) is 0 Å². The van der Waals surface area contributed by atoms with Crippen molar-refractivity contribution >= 4 is 11.8 Å². The summed E-state index contributed by atoms with van der Waals surface area (Å²) in [4.78, 5) is 22.5. The summed E-state index contributed by atoms with van der Waals surface area (Å²) in [6.45, 7) is 4.74. The molecule has 0 aromatic heterocycles. The molecule has 1 saturated heterocycles. The molecule has 2 unspecified atom stereocenters. The number of piperazine rings is 1. The summed E-state index contributed by atoms with van der Waals surface area (Å²) in [7, 11) is 0. The molecule has 1 aliphatic heterocycles. The number of hydrogen-bond acceptors (Lipinski definition) is 4. The molecular weight excluding hydrogens is 222 g/mol. The maximum atomic E-state index is 11.7. The van der Waals surface area contributed by atoms with Crippen LogP contribution in [0.3, 0.4) is 0 Å². The van der Waals surface area contributed by atoms with E-state index < -0.39 is 12.1 Å². The minimum atomic E-state index is -0.517. The molecule has 1 aliphatic rings. The van der Waals surface area contributed by atoms with E-state index in [9.17, 15) is 14.7 Å². The van der Waals surface area contributed by atoms with Crippen molar-refractivity contribution in [3.8, 4) is 0 Å². The first-order valence-corrected chi connectivity index (χ1v) is 5.95. The van der Waals surface area contributed by atoms with E-state index in [0.29, 0.717) is 18.9 Å². The lowest BCUT2D eigenvalue weighted by Gasteiger charge is -2.24. The molecule has 6 nitrogen and oxygen atoms in total. The third-order valence-corrected chi connectivity index (χ3v) is 2.58. The normalized spacial score (nSPS) is 22.1. The van der Waals surface area contributed by atoms with Crippen LogP contribution in [0.1, 0.15) is 20.3 Å². The predicted molar refractivity (Wildman–Crippen MR) is 63.3 cm³/mol. The fourth-order valence-electron chi connectivity index (χ4n) is 1.72. The first-order valence-electron chi connectivity index (χ1n) is 5.95. The number of amides is 2. The average Bonchev–Trinajstić information content (AvgIpc) is 2.26. The van der Waals surface area contributed by atoms with E-state index in [1.807, 2.05) is 13.8 Å². The molecule has 0 spiro atoms. The Morgan fingerprint density at radius 1 is 1.59 bits per heavy atom. The van der Waals surface area contributed by atoms with Crippen LogP contribution in [-0.4, -0.2) is 48.7 Å². The second-order valence-corrected chi connectivity index (χ2v) is 4.77. The minimum Gasteiger partial charge on any atom is -0.391 e. The van der Waals surface area contributed by atoms with Crippen molar-refractivity contribution in [3.05, 3.63) is 0 Å². The van der Waals surface area contributed by atoms with E-state index >= 15 is 0 Å². The monoisotopic (exact) mass is 243 g/mol. The van der Waals surface area contributed by atoms with Crippen LogP contribution in [0, 0.1) is 5.92 Å². The smallest absolute Gasteiger partial charge is 0.239 e. The summed E-state index contributed by atoms with van der Waals surface area (Å²) in [6.07, 6.45) is 0.145. The van der Waals surface area contributed by atoms with E-state index in [1.54, 1.807) is 0 Å². The lowest BCUT2D eigenvalue weighted by Crippen LogP contribution is -2.58. The summed E-state index contributed by atoms with van der Waals surface area (Å²) in [6, 6.07) is -0.404. The molecule has 1 rings (SSSR count). The van der Waals surface area contributed by atoms with Crippen LogP contribution in [0.2, 0.25) is 0 Å². The minimum absolute atomic E-state index is 0.103. The van der Waals surface area contributed by atoms with Gasteiger partial charge in [-0.25, -0.2) is 0 Å². The van der Waals surface area contributed by atoms with Gasteiger partial charge < -0.3 is 15.7 Å². The van der Waals surface area contributed by atoms with Gasteiger partial charge in [-0.2, -0.15) is 0 Å². The molecule has 2 atom stereocenters. The van der Waals surface area contributed by atoms with E-state index in [0.717, 1.165) is 0 Å². The van der Waals surface area contributed by atoms with Gasteiger partial charge in [0.2, 0.25) is 11.8 Å². The van der Waals surface area contributed by atoms with Crippen LogP contribution < -0.4 is 16.0 Å². The lowest BCUT2D eigenvalue weighted by molar-refractivity contribution is -0.126. The highest BCUT2D eigenvalue weighted by Crippen LogP contribution is 2.03. The summed E-state index contributed by atoms with van der Waals surface area (Å²) in [5, 5.41) is 17.7. The first kappa shape index (κ1) is 13.9. The van der Waals surface area contributed by atoms with Gasteiger partial charge in [0.05, 0.1) is 12.6 Å². The molecule has 17 heavy (non-hydrogen) atoms. The van der Waals surface area contributed by atoms with Gasteiger partial charge in [0.1, 0.15) is 6.04 Å². The molecule has 4 N–H and O–H groups in total. The average molecular weight is 243 g/mol. The van der Waals surface area contributed by atoms with Crippen LogP contribution in [0.25, 0.3) is 0 Å². The van der Waals surface area contributed by atoms with Crippen molar-refractivity contribution in [2.45, 2.75) is 32.4 Å². The second kappa shape index (κ2) is 6.56. The van der Waals surface area contributed by atoms with Gasteiger partial charge in [0.25, 0.3) is 0 Å². The van der Waals surface area contributed by atoms with E-state index in [2.05, 4.69) is 16.0 Å². The van der Waals surface area contributed by atoms with E-state index in [4.69, 9.17) is 0 Å². The summed E-state index contributed by atoms with van der Waals surface area (Å²) in [5.74, 6) is 0.107. The van der Waals surface area contributed by atoms with Crippen LogP contribution in [0.4, 0.5) is 0 Å². The second-order valence-electron chi connectivity index (χ2n) is 4.77. The van der Waals surface area contributed by atoms with Crippen molar-refractivity contribution < 1.29 is 14.7 Å². The van der Waals surface area contributed by atoms with Gasteiger partial charge in [-0.05, 0) is 12.3 Å². The predicted octanol–water partition coefficient (Wildman–Crippen LogP) is -1.40. The Balaban J connectivity index is 2.22. The van der Waals surface area contributed by atoms with Crippen molar-refractivity contribution in [2.75, 3.05) is 19.6 Å². The third-order valence-electron chi connectivity index (χ3n) is 2.58. The molecule has 0 aromatic carbocycles. The number of nitrogens with one attached hydrogen (secondary N) is 3.